The molecule has 0 bridgehead atoms. The molecule has 0 radical (unpaired) electrons. The fourth-order valence-corrected chi connectivity index (χ4v) is 2.23. The fraction of sp³-hybridized carbons (Fsp3) is 0.429. The Hall–Kier alpha value is -1.40. The Labute approximate surface area is 127 Å². The topological polar surface area (TPSA) is 58.6 Å². The molecule has 0 atom stereocenters. The first-order chi connectivity index (χ1) is 9.46. The maximum Gasteiger partial charge on any atom is 0.319 e. The molecule has 0 aliphatic heterocycles. The van der Waals surface area contributed by atoms with E-state index in [4.69, 9.17) is 0 Å². The van der Waals surface area contributed by atoms with Crippen LogP contribution < -0.4 is 5.32 Å². The monoisotopic (exact) mass is 342 g/mol. The number of halogens is 1. The van der Waals surface area contributed by atoms with Crippen LogP contribution in [0.15, 0.2) is 22.7 Å². The van der Waals surface area contributed by atoms with Crippen LogP contribution in [-0.4, -0.2) is 43.5 Å². The van der Waals surface area contributed by atoms with Crippen molar-refractivity contribution in [1.82, 2.24) is 4.90 Å². The number of nitrogens with one attached hydrogen (secondary N) is 1. The highest BCUT2D eigenvalue weighted by Gasteiger charge is 2.14. The number of rotatable bonds is 6. The summed E-state index contributed by atoms with van der Waals surface area (Å²) in [4.78, 5) is 24.9. The zero-order chi connectivity index (χ0) is 15.1. The lowest BCUT2D eigenvalue weighted by Crippen LogP contribution is -2.37. The van der Waals surface area contributed by atoms with Crippen molar-refractivity contribution in [2.24, 2.45) is 0 Å². The van der Waals surface area contributed by atoms with Gasteiger partial charge in [-0.1, -0.05) is 13.0 Å². The molecular formula is C14H19BrN2O3. The lowest BCUT2D eigenvalue weighted by Gasteiger charge is -2.18. The lowest BCUT2D eigenvalue weighted by molar-refractivity contribution is -0.142. The number of hydrogen-bond acceptors (Lipinski definition) is 4. The van der Waals surface area contributed by atoms with E-state index >= 15 is 0 Å². The summed E-state index contributed by atoms with van der Waals surface area (Å²) in [5, 5.41) is 2.81. The molecule has 1 aromatic rings. The summed E-state index contributed by atoms with van der Waals surface area (Å²) in [5.41, 5.74) is 1.82. The first-order valence-electron chi connectivity index (χ1n) is 6.31. The Kier molecular flexibility index (Phi) is 6.67. The standard InChI is InChI=1S/C14H19BrN2O3/c1-4-17(9-14(19)20-3)8-13(18)16-12-6-5-10(2)7-11(12)15/h5-7H,4,8-9H2,1-3H3,(H,16,18). The molecule has 0 unspecified atom stereocenters. The van der Waals surface area contributed by atoms with Crippen LogP contribution in [0.25, 0.3) is 0 Å². The molecule has 110 valence electrons. The number of esters is 1. The number of nitrogens with zero attached hydrogens (tertiary/aromatic N) is 1. The third-order valence-corrected chi connectivity index (χ3v) is 3.45. The highest BCUT2D eigenvalue weighted by Crippen LogP contribution is 2.23. The molecular weight excluding hydrogens is 324 g/mol. The molecule has 0 fully saturated rings. The van der Waals surface area contributed by atoms with Crippen molar-refractivity contribution in [2.45, 2.75) is 13.8 Å². The van der Waals surface area contributed by atoms with Gasteiger partial charge in [-0.15, -0.1) is 0 Å². The second-order valence-corrected chi connectivity index (χ2v) is 5.27. The van der Waals surface area contributed by atoms with Gasteiger partial charge in [0.25, 0.3) is 0 Å². The first kappa shape index (κ1) is 16.7. The van der Waals surface area contributed by atoms with Crippen LogP contribution >= 0.6 is 15.9 Å². The van der Waals surface area contributed by atoms with Crippen LogP contribution in [-0.2, 0) is 14.3 Å². The molecule has 5 nitrogen and oxygen atoms in total. The number of amides is 1. The van der Waals surface area contributed by atoms with E-state index in [2.05, 4.69) is 26.0 Å². The van der Waals surface area contributed by atoms with Crippen molar-refractivity contribution in [3.8, 4) is 0 Å². The number of benzene rings is 1. The Morgan fingerprint density at radius 2 is 2.05 bits per heavy atom. The second kappa shape index (κ2) is 8.01. The molecule has 0 heterocycles. The van der Waals surface area contributed by atoms with E-state index in [9.17, 15) is 9.59 Å². The minimum atomic E-state index is -0.351. The Balaban J connectivity index is 2.59. The summed E-state index contributed by atoms with van der Waals surface area (Å²) in [5.74, 6) is -0.517. The average Bonchev–Trinajstić information content (AvgIpc) is 2.41. The second-order valence-electron chi connectivity index (χ2n) is 4.41. The summed E-state index contributed by atoms with van der Waals surface area (Å²) in [6.45, 7) is 4.71. The fourth-order valence-electron chi connectivity index (χ4n) is 1.64. The number of aryl methyl sites for hydroxylation is 1. The largest absolute Gasteiger partial charge is 0.468 e. The van der Waals surface area contributed by atoms with Crippen LogP contribution in [0.2, 0.25) is 0 Å². The minimum absolute atomic E-state index is 0.107. The average molecular weight is 343 g/mol. The van der Waals surface area contributed by atoms with E-state index in [1.165, 1.54) is 7.11 Å². The highest BCUT2D eigenvalue weighted by atomic mass is 79.9. The molecule has 1 aromatic carbocycles. The van der Waals surface area contributed by atoms with E-state index < -0.39 is 0 Å². The summed E-state index contributed by atoms with van der Waals surface area (Å²) in [6.07, 6.45) is 0. The van der Waals surface area contributed by atoms with Gasteiger partial charge in [-0.25, -0.2) is 0 Å². The van der Waals surface area contributed by atoms with Crippen LogP contribution in [0.4, 0.5) is 5.69 Å². The number of ether oxygens (including phenoxy) is 1. The van der Waals surface area contributed by atoms with Gasteiger partial charge in [-0.05, 0) is 47.1 Å². The normalized spacial score (nSPS) is 10.4. The van der Waals surface area contributed by atoms with Crippen molar-refractivity contribution < 1.29 is 14.3 Å². The number of anilines is 1. The molecule has 1 rings (SSSR count). The Morgan fingerprint density at radius 3 is 2.60 bits per heavy atom. The van der Waals surface area contributed by atoms with Crippen molar-refractivity contribution in [1.29, 1.82) is 0 Å². The number of carbonyl (C=O) groups is 2. The number of likely N-dealkylation sites (N-methyl/N-ethyl adjacent to an activating group) is 1. The zero-order valence-corrected chi connectivity index (χ0v) is 13.5. The van der Waals surface area contributed by atoms with Crippen molar-refractivity contribution >= 4 is 33.5 Å². The summed E-state index contributed by atoms with van der Waals surface area (Å²) >= 11 is 3.41. The van der Waals surface area contributed by atoms with Gasteiger partial charge in [0.2, 0.25) is 5.91 Å². The Bertz CT molecular complexity index is 491. The molecule has 0 aliphatic carbocycles. The smallest absolute Gasteiger partial charge is 0.319 e. The third kappa shape index (κ3) is 5.30. The maximum absolute atomic E-state index is 12.0. The maximum atomic E-state index is 12.0. The van der Waals surface area contributed by atoms with Crippen LogP contribution in [0, 0.1) is 6.92 Å². The predicted molar refractivity (Wildman–Crippen MR) is 81.6 cm³/mol. The van der Waals surface area contributed by atoms with Crippen LogP contribution in [0.1, 0.15) is 12.5 Å². The zero-order valence-electron chi connectivity index (χ0n) is 11.9. The molecule has 1 N–H and O–H groups in total. The van der Waals surface area contributed by atoms with Crippen molar-refractivity contribution in [3.63, 3.8) is 0 Å². The van der Waals surface area contributed by atoms with Crippen LogP contribution in [0.3, 0.4) is 0 Å². The molecule has 0 aromatic heterocycles. The molecule has 0 saturated heterocycles. The first-order valence-corrected chi connectivity index (χ1v) is 7.10. The van der Waals surface area contributed by atoms with E-state index in [1.54, 1.807) is 4.90 Å². The minimum Gasteiger partial charge on any atom is -0.468 e. The van der Waals surface area contributed by atoms with Crippen LogP contribution in [0.5, 0.6) is 0 Å². The van der Waals surface area contributed by atoms with Gasteiger partial charge in [0.1, 0.15) is 0 Å². The van der Waals surface area contributed by atoms with Gasteiger partial charge >= 0.3 is 5.97 Å². The SMILES string of the molecule is CCN(CC(=O)Nc1ccc(C)cc1Br)CC(=O)OC. The number of carbonyl (C=O) groups excluding carboxylic acids is 2. The van der Waals surface area contributed by atoms with E-state index in [0.717, 1.165) is 15.7 Å². The summed E-state index contributed by atoms with van der Waals surface area (Å²) in [7, 11) is 1.33. The van der Waals surface area contributed by atoms with Crippen molar-refractivity contribution in [2.75, 3.05) is 32.1 Å². The lowest BCUT2D eigenvalue weighted by atomic mass is 10.2. The third-order valence-electron chi connectivity index (χ3n) is 2.79. The quantitative estimate of drug-likeness (QED) is 0.805. The molecule has 0 saturated carbocycles. The predicted octanol–water partition coefficient (Wildman–Crippen LogP) is 2.19. The molecule has 0 spiro atoms. The van der Waals surface area contributed by atoms with Gasteiger partial charge < -0.3 is 10.1 Å². The Morgan fingerprint density at radius 1 is 1.35 bits per heavy atom. The van der Waals surface area contributed by atoms with Crippen molar-refractivity contribution in [3.05, 3.63) is 28.2 Å². The van der Waals surface area contributed by atoms with E-state index in [-0.39, 0.29) is 25.0 Å². The van der Waals surface area contributed by atoms with Gasteiger partial charge in [0.15, 0.2) is 0 Å². The molecule has 6 heteroatoms. The summed E-state index contributed by atoms with van der Waals surface area (Å²) in [6, 6.07) is 5.70. The van der Waals surface area contributed by atoms with Gasteiger partial charge in [0.05, 0.1) is 25.9 Å². The van der Waals surface area contributed by atoms with Gasteiger partial charge in [-0.3, -0.25) is 14.5 Å². The summed E-state index contributed by atoms with van der Waals surface area (Å²) < 4.78 is 5.43. The van der Waals surface area contributed by atoms with E-state index in [1.807, 2.05) is 32.0 Å². The number of methoxy groups -OCH3 is 1. The van der Waals surface area contributed by atoms with Gasteiger partial charge in [-0.2, -0.15) is 0 Å². The van der Waals surface area contributed by atoms with E-state index in [0.29, 0.717) is 6.54 Å². The molecule has 1 amide bonds. The molecule has 20 heavy (non-hydrogen) atoms. The van der Waals surface area contributed by atoms with Gasteiger partial charge in [0, 0.05) is 4.47 Å². The number of hydrogen-bond donors (Lipinski definition) is 1. The molecule has 0 aliphatic rings. The highest BCUT2D eigenvalue weighted by molar-refractivity contribution is 9.10.